The molecule has 2 atom stereocenters. The lowest BCUT2D eigenvalue weighted by molar-refractivity contribution is 0.170. The van der Waals surface area contributed by atoms with Crippen LogP contribution in [0.5, 0.6) is 0 Å². The van der Waals surface area contributed by atoms with Crippen LogP contribution < -0.4 is 10.2 Å². The lowest BCUT2D eigenvalue weighted by Crippen LogP contribution is -2.55. The highest BCUT2D eigenvalue weighted by Crippen LogP contribution is 2.28. The molecule has 0 spiro atoms. The van der Waals surface area contributed by atoms with Crippen LogP contribution in [0.25, 0.3) is 0 Å². The van der Waals surface area contributed by atoms with E-state index in [0.717, 1.165) is 24.1 Å². The molecule has 2 rings (SSSR count). The van der Waals surface area contributed by atoms with Gasteiger partial charge in [-0.2, -0.15) is 0 Å². The maximum atomic E-state index is 3.63. The van der Waals surface area contributed by atoms with E-state index in [1.807, 2.05) is 0 Å². The summed E-state index contributed by atoms with van der Waals surface area (Å²) >= 11 is 3.63. The molecule has 1 heterocycles. The maximum absolute atomic E-state index is 3.63. The van der Waals surface area contributed by atoms with E-state index in [2.05, 4.69) is 84.0 Å². The minimum Gasteiger partial charge on any atom is -0.368 e. The van der Waals surface area contributed by atoms with Gasteiger partial charge in [0.2, 0.25) is 0 Å². The summed E-state index contributed by atoms with van der Waals surface area (Å²) < 4.78 is 1.16. The molecule has 0 amide bonds. The molecule has 1 saturated heterocycles. The Kier molecular flexibility index (Phi) is 5.69. The first kappa shape index (κ1) is 16.8. The van der Waals surface area contributed by atoms with Gasteiger partial charge in [0.1, 0.15) is 0 Å². The number of piperazine rings is 1. The van der Waals surface area contributed by atoms with Crippen LogP contribution in [0.15, 0.2) is 22.7 Å². The summed E-state index contributed by atoms with van der Waals surface area (Å²) in [7, 11) is 2.23. The Hall–Kier alpha value is -0.580. The minimum atomic E-state index is 0.506. The van der Waals surface area contributed by atoms with E-state index in [-0.39, 0.29) is 0 Å². The molecule has 3 nitrogen and oxygen atoms in total. The van der Waals surface area contributed by atoms with Crippen molar-refractivity contribution in [2.24, 2.45) is 0 Å². The van der Waals surface area contributed by atoms with Crippen molar-refractivity contribution in [3.8, 4) is 0 Å². The monoisotopic (exact) mass is 353 g/mol. The van der Waals surface area contributed by atoms with E-state index < -0.39 is 0 Å². The average molecular weight is 354 g/mol. The van der Waals surface area contributed by atoms with Crippen molar-refractivity contribution in [3.63, 3.8) is 0 Å². The zero-order chi connectivity index (χ0) is 15.6. The minimum absolute atomic E-state index is 0.506. The first-order valence-corrected chi connectivity index (χ1v) is 8.66. The van der Waals surface area contributed by atoms with Gasteiger partial charge in [-0.05, 0) is 38.6 Å². The standard InChI is InChI=1S/C17H28BrN3/c1-12(2)19-9-15-6-7-16(18)8-17(15)21-10-13(3)20(5)14(4)11-21/h6-8,12-14,19H,9-11H2,1-5H3. The first-order chi connectivity index (χ1) is 9.88. The Labute approximate surface area is 137 Å². The van der Waals surface area contributed by atoms with Crippen LogP contribution in [0.2, 0.25) is 0 Å². The summed E-state index contributed by atoms with van der Waals surface area (Å²) in [6, 6.07) is 8.32. The van der Waals surface area contributed by atoms with Gasteiger partial charge in [-0.1, -0.05) is 35.8 Å². The van der Waals surface area contributed by atoms with Crippen molar-refractivity contribution in [2.45, 2.75) is 52.4 Å². The molecule has 118 valence electrons. The third-order valence-electron chi connectivity index (χ3n) is 4.45. The first-order valence-electron chi connectivity index (χ1n) is 7.87. The molecule has 1 aromatic carbocycles. The van der Waals surface area contributed by atoms with Crippen LogP contribution in [0.4, 0.5) is 5.69 Å². The predicted octanol–water partition coefficient (Wildman–Crippen LogP) is 3.48. The van der Waals surface area contributed by atoms with Crippen LogP contribution >= 0.6 is 15.9 Å². The molecule has 0 aliphatic carbocycles. The Balaban J connectivity index is 2.23. The fourth-order valence-electron chi connectivity index (χ4n) is 2.90. The Morgan fingerprint density at radius 2 is 1.86 bits per heavy atom. The van der Waals surface area contributed by atoms with Crippen LogP contribution in [0, 0.1) is 0 Å². The third kappa shape index (κ3) is 4.21. The van der Waals surface area contributed by atoms with Crippen molar-refractivity contribution in [2.75, 3.05) is 25.0 Å². The molecule has 1 fully saturated rings. The van der Waals surface area contributed by atoms with Gasteiger partial charge >= 0.3 is 0 Å². The number of rotatable bonds is 4. The second-order valence-electron chi connectivity index (χ2n) is 6.58. The molecule has 0 aromatic heterocycles. The molecule has 1 aromatic rings. The molecule has 0 radical (unpaired) electrons. The normalized spacial score (nSPS) is 23.9. The van der Waals surface area contributed by atoms with E-state index in [1.165, 1.54) is 11.3 Å². The maximum Gasteiger partial charge on any atom is 0.0424 e. The number of hydrogen-bond acceptors (Lipinski definition) is 3. The Morgan fingerprint density at radius 3 is 2.43 bits per heavy atom. The molecule has 1 N–H and O–H groups in total. The molecular formula is C17H28BrN3. The Morgan fingerprint density at radius 1 is 1.24 bits per heavy atom. The van der Waals surface area contributed by atoms with Gasteiger partial charge in [-0.15, -0.1) is 0 Å². The summed E-state index contributed by atoms with van der Waals surface area (Å²) in [6.45, 7) is 12.1. The third-order valence-corrected chi connectivity index (χ3v) is 4.94. The summed E-state index contributed by atoms with van der Waals surface area (Å²) in [5, 5.41) is 3.54. The summed E-state index contributed by atoms with van der Waals surface area (Å²) in [5.74, 6) is 0. The van der Waals surface area contributed by atoms with Gasteiger partial charge in [0.05, 0.1) is 0 Å². The van der Waals surface area contributed by atoms with Crippen molar-refractivity contribution in [3.05, 3.63) is 28.2 Å². The van der Waals surface area contributed by atoms with Crippen LogP contribution in [0.3, 0.4) is 0 Å². The lowest BCUT2D eigenvalue weighted by Gasteiger charge is -2.44. The van der Waals surface area contributed by atoms with Gasteiger partial charge in [-0.25, -0.2) is 0 Å². The van der Waals surface area contributed by atoms with Gasteiger partial charge in [0.25, 0.3) is 0 Å². The molecule has 2 unspecified atom stereocenters. The van der Waals surface area contributed by atoms with Gasteiger partial charge in [0, 0.05) is 47.9 Å². The molecule has 1 aliphatic heterocycles. The molecular weight excluding hydrogens is 326 g/mol. The molecule has 0 saturated carbocycles. The molecule has 4 heteroatoms. The van der Waals surface area contributed by atoms with Gasteiger partial charge < -0.3 is 10.2 Å². The zero-order valence-electron chi connectivity index (χ0n) is 13.9. The van der Waals surface area contributed by atoms with Crippen LogP contribution in [-0.4, -0.2) is 43.2 Å². The van der Waals surface area contributed by atoms with Crippen molar-refractivity contribution in [1.82, 2.24) is 10.2 Å². The summed E-state index contributed by atoms with van der Waals surface area (Å²) in [4.78, 5) is 5.01. The highest BCUT2D eigenvalue weighted by molar-refractivity contribution is 9.10. The summed E-state index contributed by atoms with van der Waals surface area (Å²) in [6.07, 6.45) is 0. The van der Waals surface area contributed by atoms with E-state index in [1.54, 1.807) is 0 Å². The fraction of sp³-hybridized carbons (Fsp3) is 0.647. The fourth-order valence-corrected chi connectivity index (χ4v) is 3.25. The number of benzene rings is 1. The topological polar surface area (TPSA) is 18.5 Å². The van der Waals surface area contributed by atoms with E-state index in [4.69, 9.17) is 0 Å². The number of halogens is 1. The quantitative estimate of drug-likeness (QED) is 0.893. The smallest absolute Gasteiger partial charge is 0.0424 e. The number of nitrogens with zero attached hydrogens (tertiary/aromatic N) is 2. The number of nitrogens with one attached hydrogen (secondary N) is 1. The number of hydrogen-bond donors (Lipinski definition) is 1. The van der Waals surface area contributed by atoms with Crippen molar-refractivity contribution in [1.29, 1.82) is 0 Å². The van der Waals surface area contributed by atoms with E-state index in [0.29, 0.717) is 18.1 Å². The second kappa shape index (κ2) is 7.12. The molecule has 1 aliphatic rings. The second-order valence-corrected chi connectivity index (χ2v) is 7.49. The van der Waals surface area contributed by atoms with E-state index >= 15 is 0 Å². The van der Waals surface area contributed by atoms with Gasteiger partial charge in [0.15, 0.2) is 0 Å². The van der Waals surface area contributed by atoms with Crippen molar-refractivity contribution >= 4 is 21.6 Å². The van der Waals surface area contributed by atoms with Crippen molar-refractivity contribution < 1.29 is 0 Å². The zero-order valence-corrected chi connectivity index (χ0v) is 15.4. The highest BCUT2D eigenvalue weighted by atomic mass is 79.9. The van der Waals surface area contributed by atoms with E-state index in [9.17, 15) is 0 Å². The lowest BCUT2D eigenvalue weighted by atomic mass is 10.1. The van der Waals surface area contributed by atoms with Crippen LogP contribution in [-0.2, 0) is 6.54 Å². The SMILES string of the molecule is CC(C)NCc1ccc(Br)cc1N1CC(C)N(C)C(C)C1. The number of anilines is 1. The van der Waals surface area contributed by atoms with Gasteiger partial charge in [-0.3, -0.25) is 4.90 Å². The Bertz CT molecular complexity index is 463. The number of likely N-dealkylation sites (N-methyl/N-ethyl adjacent to an activating group) is 1. The molecule has 21 heavy (non-hydrogen) atoms. The highest BCUT2D eigenvalue weighted by Gasteiger charge is 2.27. The average Bonchev–Trinajstić information content (AvgIpc) is 2.42. The summed E-state index contributed by atoms with van der Waals surface area (Å²) in [5.41, 5.74) is 2.75. The largest absolute Gasteiger partial charge is 0.368 e. The van der Waals surface area contributed by atoms with Crippen LogP contribution in [0.1, 0.15) is 33.3 Å². The molecule has 0 bridgehead atoms. The predicted molar refractivity (Wildman–Crippen MR) is 95.0 cm³/mol.